The van der Waals surface area contributed by atoms with E-state index in [2.05, 4.69) is 10.6 Å². The second-order valence-corrected chi connectivity index (χ2v) is 23.2. The Kier molecular flexibility index (Phi) is 20.1. The lowest BCUT2D eigenvalue weighted by molar-refractivity contribution is -0.122. The molecule has 4 heterocycles. The zero-order chi connectivity index (χ0) is 56.1. The number of nitrogens with two attached hydrogens (primary N) is 1. The highest BCUT2D eigenvalue weighted by atomic mass is 32.2. The van der Waals surface area contributed by atoms with Crippen LogP contribution in [0.2, 0.25) is 0 Å². The van der Waals surface area contributed by atoms with Crippen molar-refractivity contribution >= 4 is 61.9 Å². The van der Waals surface area contributed by atoms with Crippen LogP contribution in [-0.4, -0.2) is 115 Å². The quantitative estimate of drug-likeness (QED) is 0.0388. The molecule has 8 rings (SSSR count). The summed E-state index contributed by atoms with van der Waals surface area (Å²) in [5, 5.41) is 22.7. The molecule has 2 aliphatic rings. The molecule has 3 amide bonds. The first kappa shape index (κ1) is 58.8. The number of aromatic carboxylic acids is 1. The number of unbranched alkanes of at least 4 members (excludes halogenated alkanes) is 2. The van der Waals surface area contributed by atoms with Gasteiger partial charge in [0.05, 0.1) is 65.7 Å². The number of hydrogen-bond acceptors (Lipinski definition) is 11. The Hall–Kier alpha value is -6.90. The van der Waals surface area contributed by atoms with Gasteiger partial charge in [-0.25, -0.2) is 19.5 Å². The predicted molar refractivity (Wildman–Crippen MR) is 298 cm³/mol. The fraction of sp³-hybridized carbons (Fsp3) is 0.500. The van der Waals surface area contributed by atoms with Crippen molar-refractivity contribution in [3.63, 3.8) is 0 Å². The van der Waals surface area contributed by atoms with E-state index in [1.54, 1.807) is 55.2 Å². The van der Waals surface area contributed by atoms with Crippen LogP contribution in [0.4, 0.5) is 4.79 Å². The van der Waals surface area contributed by atoms with E-state index in [0.717, 1.165) is 100 Å². The van der Waals surface area contributed by atoms with E-state index in [0.29, 0.717) is 55.4 Å². The molecule has 0 saturated heterocycles. The molecular weight excluding hydrogens is 1020 g/mol. The molecule has 5 N–H and O–H groups in total. The Morgan fingerprint density at radius 3 is 1.58 bits per heavy atom. The first-order valence-corrected chi connectivity index (χ1v) is 28.7. The lowest BCUT2D eigenvalue weighted by Crippen LogP contribution is -2.35. The topological polar surface area (TPSA) is 251 Å². The third-order valence-electron chi connectivity index (χ3n) is 14.7. The van der Waals surface area contributed by atoms with Crippen molar-refractivity contribution in [1.29, 1.82) is 0 Å². The van der Waals surface area contributed by atoms with Crippen LogP contribution in [0.3, 0.4) is 0 Å². The summed E-state index contributed by atoms with van der Waals surface area (Å²) in [7, 11) is 0.782. The Balaban J connectivity index is 0.000000227. The number of benzene rings is 2. The number of nitrogens with zero attached hydrogens (tertiary/aromatic N) is 4. The van der Waals surface area contributed by atoms with Gasteiger partial charge in [-0.15, -0.1) is 0 Å². The van der Waals surface area contributed by atoms with Crippen LogP contribution in [0.25, 0.3) is 44.3 Å². The minimum atomic E-state index is -3.72. The summed E-state index contributed by atoms with van der Waals surface area (Å²) in [6.45, 7) is 7.33. The molecule has 0 spiro atoms. The average molecular weight is 1100 g/mol. The minimum absolute atomic E-state index is 0.0177. The maximum atomic E-state index is 13.3. The SMILES string of the molecule is CN(CCCCNC(=O)Cn1c(-c2ccoc2)c(C2CCCCC2)c2ccc(C(=O)O)cc21)S(N)(=O)=O.COC(=O)c1ccc2c(C3CCCCC3)c(-c3ccoc3)n(CC(=O)NCCCCN(C)C(=O)OC(C)(C)C)c2c1. The van der Waals surface area contributed by atoms with Crippen molar-refractivity contribution in [3.8, 4) is 22.5 Å². The number of furan rings is 2. The number of amides is 3. The van der Waals surface area contributed by atoms with Gasteiger partial charge in [-0.05, 0) is 131 Å². The molecule has 2 aliphatic carbocycles. The number of fused-ring (bicyclic) bond motifs is 2. The third kappa shape index (κ3) is 15.0. The van der Waals surface area contributed by atoms with Crippen LogP contribution in [-0.2, 0) is 42.4 Å². The van der Waals surface area contributed by atoms with Crippen molar-refractivity contribution < 1.29 is 55.8 Å². The zero-order valence-electron chi connectivity index (χ0n) is 45.9. The molecule has 2 saturated carbocycles. The number of carboxylic acids is 1. The standard InChI is InChI=1S/C32H43N3O6.C26H34N4O6S/c1-32(2,3)41-31(38)34(4)17-10-9-16-33-27(36)20-35-26-19-23(30(37)39-5)13-14-25(26)28(22-11-7-6-8-12-22)29(35)24-15-18-40-21-24;1-29(37(27,34)35)13-6-5-12-28-23(31)16-30-22-15-19(26(32)33)9-10-21(22)24(18-7-3-2-4-8-18)25(30)20-11-14-36-17-20/h13-15,18-19,21-22H,6-12,16-17,20H2,1-5H3,(H,33,36);9-11,14-15,17-18H,2-8,12-13,16H2,1H3,(H,28,31)(H,32,33)(H2,27,34,35). The van der Waals surface area contributed by atoms with Crippen LogP contribution in [0.5, 0.6) is 0 Å². The number of rotatable bonds is 21. The van der Waals surface area contributed by atoms with Gasteiger partial charge in [0.15, 0.2) is 0 Å². The number of esters is 1. The predicted octanol–water partition coefficient (Wildman–Crippen LogP) is 10.2. The first-order chi connectivity index (χ1) is 37.2. The van der Waals surface area contributed by atoms with E-state index in [4.69, 9.17) is 23.4 Å². The maximum Gasteiger partial charge on any atom is 0.410 e. The Bertz CT molecular complexity index is 3120. The number of hydrogen-bond donors (Lipinski definition) is 4. The molecule has 0 radical (unpaired) electrons. The normalized spacial score (nSPS) is 14.5. The van der Waals surface area contributed by atoms with Crippen molar-refractivity contribution in [1.82, 2.24) is 29.0 Å². The summed E-state index contributed by atoms with van der Waals surface area (Å²) in [4.78, 5) is 64.2. The van der Waals surface area contributed by atoms with Gasteiger partial charge in [-0.2, -0.15) is 12.7 Å². The molecule has 2 aromatic carbocycles. The number of ether oxygens (including phenoxy) is 2. The van der Waals surface area contributed by atoms with Crippen molar-refractivity contribution in [3.05, 3.63) is 95.8 Å². The Morgan fingerprint density at radius 2 is 1.15 bits per heavy atom. The summed E-state index contributed by atoms with van der Waals surface area (Å²) in [6, 6.07) is 14.6. The number of methoxy groups -OCH3 is 1. The van der Waals surface area contributed by atoms with Crippen LogP contribution < -0.4 is 15.8 Å². The Morgan fingerprint density at radius 1 is 0.692 bits per heavy atom. The van der Waals surface area contributed by atoms with E-state index in [-0.39, 0.29) is 43.1 Å². The first-order valence-electron chi connectivity index (χ1n) is 27.2. The monoisotopic (exact) mass is 1100 g/mol. The number of carboxylic acid groups (broad SMARTS) is 1. The molecule has 19 nitrogen and oxygen atoms in total. The molecule has 2 fully saturated rings. The largest absolute Gasteiger partial charge is 0.478 e. The second kappa shape index (κ2) is 26.6. The lowest BCUT2D eigenvalue weighted by atomic mass is 9.82. The molecule has 0 bridgehead atoms. The Labute approximate surface area is 456 Å². The van der Waals surface area contributed by atoms with Gasteiger partial charge in [0.25, 0.3) is 10.2 Å². The smallest absolute Gasteiger partial charge is 0.410 e. The van der Waals surface area contributed by atoms with E-state index in [9.17, 15) is 37.5 Å². The van der Waals surface area contributed by atoms with Crippen molar-refractivity contribution in [2.24, 2.45) is 5.14 Å². The van der Waals surface area contributed by atoms with E-state index in [1.807, 2.05) is 60.2 Å². The average Bonchev–Trinajstić information content (AvgIpc) is 4.46. The fourth-order valence-electron chi connectivity index (χ4n) is 10.8. The van der Waals surface area contributed by atoms with Gasteiger partial charge in [0, 0.05) is 62.2 Å². The van der Waals surface area contributed by atoms with Gasteiger partial charge in [-0.3, -0.25) is 9.59 Å². The summed E-state index contributed by atoms with van der Waals surface area (Å²) in [5.41, 5.74) is 7.61. The van der Waals surface area contributed by atoms with Crippen molar-refractivity contribution in [2.45, 2.75) is 141 Å². The number of carbonyl (C=O) groups excluding carboxylic acids is 4. The fourth-order valence-corrected chi connectivity index (χ4v) is 11.2. The van der Waals surface area contributed by atoms with Crippen LogP contribution in [0, 0.1) is 0 Å². The summed E-state index contributed by atoms with van der Waals surface area (Å²) in [6.07, 6.45) is 20.2. The number of aromatic nitrogens is 2. The molecule has 20 heteroatoms. The van der Waals surface area contributed by atoms with Gasteiger partial charge in [0.1, 0.15) is 18.7 Å². The minimum Gasteiger partial charge on any atom is -0.478 e. The van der Waals surface area contributed by atoms with Gasteiger partial charge >= 0.3 is 18.0 Å². The third-order valence-corrected chi connectivity index (χ3v) is 15.8. The molecule has 0 atom stereocenters. The molecular formula is C58H77N7O12S. The summed E-state index contributed by atoms with van der Waals surface area (Å²) >= 11 is 0. The highest BCUT2D eigenvalue weighted by Gasteiger charge is 2.30. The van der Waals surface area contributed by atoms with Gasteiger partial charge in [0.2, 0.25) is 11.8 Å². The molecule has 4 aromatic heterocycles. The van der Waals surface area contributed by atoms with E-state index < -0.39 is 27.7 Å². The molecule has 6 aromatic rings. The van der Waals surface area contributed by atoms with Gasteiger partial charge in [-0.1, -0.05) is 50.7 Å². The van der Waals surface area contributed by atoms with E-state index in [1.165, 1.54) is 45.4 Å². The highest BCUT2D eigenvalue weighted by Crippen LogP contribution is 2.46. The highest BCUT2D eigenvalue weighted by molar-refractivity contribution is 7.86. The van der Waals surface area contributed by atoms with E-state index >= 15 is 0 Å². The second-order valence-electron chi connectivity index (χ2n) is 21.5. The van der Waals surface area contributed by atoms with Crippen LogP contribution in [0.15, 0.2) is 82.4 Å². The molecule has 0 aliphatic heterocycles. The number of nitrogens with one attached hydrogen (secondary N) is 2. The molecule has 78 heavy (non-hydrogen) atoms. The maximum absolute atomic E-state index is 13.3. The summed E-state index contributed by atoms with van der Waals surface area (Å²) < 4.78 is 48.9. The zero-order valence-corrected chi connectivity index (χ0v) is 46.8. The number of carbonyl (C=O) groups is 5. The summed E-state index contributed by atoms with van der Waals surface area (Å²) in [5.74, 6) is -1.08. The van der Waals surface area contributed by atoms with Crippen molar-refractivity contribution in [2.75, 3.05) is 47.4 Å². The van der Waals surface area contributed by atoms with Gasteiger partial charge < -0.3 is 48.1 Å². The lowest BCUT2D eigenvalue weighted by Gasteiger charge is -2.24. The van der Waals surface area contributed by atoms with Crippen LogP contribution >= 0.6 is 0 Å². The molecule has 0 unspecified atom stereocenters. The van der Waals surface area contributed by atoms with Crippen LogP contribution in [0.1, 0.15) is 154 Å². The molecule has 422 valence electrons.